The molecule has 1 aromatic carbocycles. The Kier molecular flexibility index (Phi) is 4.81. The van der Waals surface area contributed by atoms with Crippen LogP contribution in [0.1, 0.15) is 49.7 Å². The highest BCUT2D eigenvalue weighted by molar-refractivity contribution is 5.77. The second kappa shape index (κ2) is 7.61. The number of nitrogens with zero attached hydrogens (tertiary/aromatic N) is 4. The lowest BCUT2D eigenvalue weighted by Crippen LogP contribution is -2.40. The second-order valence-electron chi connectivity index (χ2n) is 8.41. The number of benzene rings is 1. The zero-order valence-electron chi connectivity index (χ0n) is 16.5. The minimum Gasteiger partial charge on any atom is -0.342 e. The van der Waals surface area contributed by atoms with Crippen LogP contribution in [0.15, 0.2) is 30.6 Å². The molecular weight excluding hydrogens is 369 g/mol. The number of amides is 1. The maximum Gasteiger partial charge on any atom is 0.223 e. The SMILES string of the molecule is O=C(CCc1nc2ccc(F)cc2[nH]1)N1CCC[C@H](c2nccn2CC2CC2)C1. The molecule has 0 unspecified atom stereocenters. The Morgan fingerprint density at radius 2 is 2.17 bits per heavy atom. The summed E-state index contributed by atoms with van der Waals surface area (Å²) in [5.41, 5.74) is 1.40. The van der Waals surface area contributed by atoms with Gasteiger partial charge in [-0.15, -0.1) is 0 Å². The minimum absolute atomic E-state index is 0.154. The zero-order chi connectivity index (χ0) is 19.8. The number of nitrogens with one attached hydrogen (secondary N) is 1. The van der Waals surface area contributed by atoms with E-state index in [2.05, 4.69) is 25.7 Å². The van der Waals surface area contributed by atoms with E-state index in [1.165, 1.54) is 25.0 Å². The van der Waals surface area contributed by atoms with Crippen molar-refractivity contribution in [3.05, 3.63) is 48.1 Å². The standard InChI is InChI=1S/C22H26FN5O/c23-17-5-6-18-19(12-17)26-20(25-18)7-8-21(29)27-10-1-2-16(14-27)22-24-9-11-28(22)13-15-3-4-15/h5-6,9,11-12,15-16H,1-4,7-8,10,13-14H2,(H,25,26)/t16-/m0/s1. The molecule has 1 aliphatic carbocycles. The summed E-state index contributed by atoms with van der Waals surface area (Å²) in [5, 5.41) is 0. The highest BCUT2D eigenvalue weighted by Gasteiger charge is 2.29. The molecule has 152 valence electrons. The van der Waals surface area contributed by atoms with Crippen molar-refractivity contribution in [2.75, 3.05) is 13.1 Å². The van der Waals surface area contributed by atoms with Crippen LogP contribution in [0.25, 0.3) is 11.0 Å². The Bertz CT molecular complexity index is 1020. The van der Waals surface area contributed by atoms with Gasteiger partial charge >= 0.3 is 0 Å². The van der Waals surface area contributed by atoms with Gasteiger partial charge in [0.2, 0.25) is 5.91 Å². The first-order chi connectivity index (χ1) is 14.2. The van der Waals surface area contributed by atoms with Crippen molar-refractivity contribution in [2.45, 2.75) is 51.0 Å². The third-order valence-corrected chi connectivity index (χ3v) is 6.11. The second-order valence-corrected chi connectivity index (χ2v) is 8.41. The number of imidazole rings is 2. The lowest BCUT2D eigenvalue weighted by Gasteiger charge is -2.32. The van der Waals surface area contributed by atoms with Crippen molar-refractivity contribution in [3.63, 3.8) is 0 Å². The predicted octanol–water partition coefficient (Wildman–Crippen LogP) is 3.65. The van der Waals surface area contributed by atoms with Gasteiger partial charge < -0.3 is 14.5 Å². The molecule has 29 heavy (non-hydrogen) atoms. The molecule has 0 spiro atoms. The number of carbonyl (C=O) groups is 1. The molecule has 1 saturated carbocycles. The summed E-state index contributed by atoms with van der Waals surface area (Å²) in [4.78, 5) is 27.0. The van der Waals surface area contributed by atoms with Crippen LogP contribution < -0.4 is 0 Å². The molecule has 7 heteroatoms. The first-order valence-corrected chi connectivity index (χ1v) is 10.6. The normalized spacial score (nSPS) is 19.8. The highest BCUT2D eigenvalue weighted by Crippen LogP contribution is 2.33. The summed E-state index contributed by atoms with van der Waals surface area (Å²) >= 11 is 0. The number of aryl methyl sites for hydroxylation is 1. The van der Waals surface area contributed by atoms with Crippen LogP contribution in [-0.4, -0.2) is 43.4 Å². The lowest BCUT2D eigenvalue weighted by molar-refractivity contribution is -0.132. The summed E-state index contributed by atoms with van der Waals surface area (Å²) in [6.45, 7) is 2.61. The minimum atomic E-state index is -0.289. The van der Waals surface area contributed by atoms with E-state index in [0.717, 1.165) is 55.6 Å². The van der Waals surface area contributed by atoms with E-state index in [1.807, 2.05) is 11.1 Å². The molecule has 3 aromatic rings. The average Bonchev–Trinajstić information content (AvgIpc) is 3.26. The van der Waals surface area contributed by atoms with Crippen LogP contribution in [0.4, 0.5) is 4.39 Å². The Morgan fingerprint density at radius 3 is 3.03 bits per heavy atom. The molecule has 2 aliphatic rings. The number of aromatic nitrogens is 4. The number of piperidine rings is 1. The van der Waals surface area contributed by atoms with Gasteiger partial charge in [-0.1, -0.05) is 0 Å². The lowest BCUT2D eigenvalue weighted by atomic mass is 9.96. The van der Waals surface area contributed by atoms with Crippen LogP contribution >= 0.6 is 0 Å². The molecule has 1 N–H and O–H groups in total. The number of H-pyrrole nitrogens is 1. The summed E-state index contributed by atoms with van der Waals surface area (Å²) in [6.07, 6.45) is 9.65. The predicted molar refractivity (Wildman–Crippen MR) is 108 cm³/mol. The first kappa shape index (κ1) is 18.3. The van der Waals surface area contributed by atoms with Crippen molar-refractivity contribution < 1.29 is 9.18 Å². The quantitative estimate of drug-likeness (QED) is 0.693. The monoisotopic (exact) mass is 395 g/mol. The smallest absolute Gasteiger partial charge is 0.223 e. The van der Waals surface area contributed by atoms with Crippen molar-refractivity contribution >= 4 is 16.9 Å². The van der Waals surface area contributed by atoms with Gasteiger partial charge in [0.15, 0.2) is 0 Å². The summed E-state index contributed by atoms with van der Waals surface area (Å²) in [6, 6.07) is 4.50. The Balaban J connectivity index is 1.21. The van der Waals surface area contributed by atoms with Crippen LogP contribution in [0, 0.1) is 11.7 Å². The number of hydrogen-bond acceptors (Lipinski definition) is 3. The fraction of sp³-hybridized carbons (Fsp3) is 0.500. The van der Waals surface area contributed by atoms with E-state index in [9.17, 15) is 9.18 Å². The highest BCUT2D eigenvalue weighted by atomic mass is 19.1. The molecule has 2 fully saturated rings. The molecule has 1 atom stereocenters. The van der Waals surface area contributed by atoms with Gasteiger partial charge in [0.1, 0.15) is 17.5 Å². The van der Waals surface area contributed by atoms with Gasteiger partial charge in [-0.3, -0.25) is 4.79 Å². The largest absolute Gasteiger partial charge is 0.342 e. The maximum atomic E-state index is 13.3. The van der Waals surface area contributed by atoms with Gasteiger partial charge in [-0.25, -0.2) is 14.4 Å². The van der Waals surface area contributed by atoms with E-state index in [0.29, 0.717) is 24.3 Å². The first-order valence-electron chi connectivity index (χ1n) is 10.6. The summed E-state index contributed by atoms with van der Waals surface area (Å²) in [7, 11) is 0. The topological polar surface area (TPSA) is 66.8 Å². The molecular formula is C22H26FN5O. The molecule has 3 heterocycles. The third-order valence-electron chi connectivity index (χ3n) is 6.11. The maximum absolute atomic E-state index is 13.3. The number of rotatable bonds is 6. The van der Waals surface area contributed by atoms with E-state index in [1.54, 1.807) is 6.07 Å². The molecule has 0 bridgehead atoms. The van der Waals surface area contributed by atoms with E-state index >= 15 is 0 Å². The number of likely N-dealkylation sites (tertiary alicyclic amines) is 1. The molecule has 1 amide bonds. The Hall–Kier alpha value is -2.70. The molecule has 1 aliphatic heterocycles. The summed E-state index contributed by atoms with van der Waals surface area (Å²) in [5.74, 6) is 2.85. The van der Waals surface area contributed by atoms with Crippen molar-refractivity contribution in [1.82, 2.24) is 24.4 Å². The number of carbonyl (C=O) groups excluding carboxylic acids is 1. The van der Waals surface area contributed by atoms with Crippen LogP contribution in [0.5, 0.6) is 0 Å². The fourth-order valence-electron chi connectivity index (χ4n) is 4.36. The molecule has 1 saturated heterocycles. The van der Waals surface area contributed by atoms with Crippen molar-refractivity contribution in [2.24, 2.45) is 5.92 Å². The third kappa shape index (κ3) is 4.04. The fourth-order valence-corrected chi connectivity index (χ4v) is 4.36. The number of halogens is 1. The Labute approximate surface area is 169 Å². The van der Waals surface area contributed by atoms with Crippen LogP contribution in [0.2, 0.25) is 0 Å². The van der Waals surface area contributed by atoms with Crippen LogP contribution in [-0.2, 0) is 17.8 Å². The molecule has 5 rings (SSSR count). The van der Waals surface area contributed by atoms with E-state index in [-0.39, 0.29) is 11.7 Å². The number of hydrogen-bond donors (Lipinski definition) is 1. The molecule has 0 radical (unpaired) electrons. The van der Waals surface area contributed by atoms with Gasteiger partial charge in [0.25, 0.3) is 0 Å². The van der Waals surface area contributed by atoms with Gasteiger partial charge in [-0.05, 0) is 49.8 Å². The van der Waals surface area contributed by atoms with Crippen LogP contribution in [0.3, 0.4) is 0 Å². The average molecular weight is 395 g/mol. The molecule has 6 nitrogen and oxygen atoms in total. The van der Waals surface area contributed by atoms with Gasteiger partial charge in [-0.2, -0.15) is 0 Å². The van der Waals surface area contributed by atoms with Crippen molar-refractivity contribution in [3.8, 4) is 0 Å². The zero-order valence-corrected chi connectivity index (χ0v) is 16.5. The van der Waals surface area contributed by atoms with Crippen molar-refractivity contribution in [1.29, 1.82) is 0 Å². The Morgan fingerprint density at radius 1 is 1.28 bits per heavy atom. The van der Waals surface area contributed by atoms with Gasteiger partial charge in [0.05, 0.1) is 11.0 Å². The summed E-state index contributed by atoms with van der Waals surface area (Å²) < 4.78 is 15.6. The molecule has 2 aromatic heterocycles. The van der Waals surface area contributed by atoms with E-state index < -0.39 is 0 Å². The number of fused-ring (bicyclic) bond motifs is 1. The van der Waals surface area contributed by atoms with E-state index in [4.69, 9.17) is 0 Å². The van der Waals surface area contributed by atoms with Gasteiger partial charge in [0, 0.05) is 50.8 Å². The number of aromatic amines is 1.